The van der Waals surface area contributed by atoms with Gasteiger partial charge in [0.1, 0.15) is 11.5 Å². The highest BCUT2D eigenvalue weighted by Crippen LogP contribution is 2.18. The van der Waals surface area contributed by atoms with Crippen LogP contribution in [0.5, 0.6) is 11.5 Å². The van der Waals surface area contributed by atoms with Crippen molar-refractivity contribution in [2.24, 2.45) is 0 Å². The Labute approximate surface area is 204 Å². The Kier molecular flexibility index (Phi) is 13.2. The van der Waals surface area contributed by atoms with Gasteiger partial charge in [-0.25, -0.2) is 9.59 Å². The lowest BCUT2D eigenvalue weighted by Gasteiger charge is -2.07. The van der Waals surface area contributed by atoms with E-state index in [9.17, 15) is 9.59 Å². The van der Waals surface area contributed by atoms with Crippen molar-refractivity contribution in [3.63, 3.8) is 0 Å². The first-order valence-corrected chi connectivity index (χ1v) is 12.5. The quantitative estimate of drug-likeness (QED) is 0.112. The van der Waals surface area contributed by atoms with Crippen molar-refractivity contribution >= 4 is 18.0 Å². The summed E-state index contributed by atoms with van der Waals surface area (Å²) < 4.78 is 16.3. The highest BCUT2D eigenvalue weighted by atomic mass is 16.5. The molecule has 2 aromatic rings. The Bertz CT molecular complexity index is 868. The molecule has 0 bridgehead atoms. The van der Waals surface area contributed by atoms with Crippen LogP contribution < -0.4 is 9.47 Å². The molecule has 2 rings (SSSR count). The number of unbranched alkanes of at least 4 members (excludes halogenated alkanes) is 7. The molecule has 0 aliphatic rings. The van der Waals surface area contributed by atoms with Crippen LogP contribution in [0.1, 0.15) is 87.6 Å². The van der Waals surface area contributed by atoms with E-state index in [0.717, 1.165) is 43.4 Å². The van der Waals surface area contributed by atoms with Gasteiger partial charge in [0, 0.05) is 6.08 Å². The summed E-state index contributed by atoms with van der Waals surface area (Å²) in [5.41, 5.74) is 1.29. The Balaban J connectivity index is 1.71. The Hall–Kier alpha value is -3.08. The number of rotatable bonds is 16. The largest absolute Gasteiger partial charge is 0.494 e. The molecule has 0 aromatic heterocycles. The molecule has 0 aliphatic heterocycles. The number of benzene rings is 2. The highest BCUT2D eigenvalue weighted by molar-refractivity contribution is 5.91. The molecular formula is C29H38O5. The van der Waals surface area contributed by atoms with Crippen LogP contribution in [-0.2, 0) is 9.53 Å². The summed E-state index contributed by atoms with van der Waals surface area (Å²) in [5, 5.41) is 0. The fourth-order valence-corrected chi connectivity index (χ4v) is 3.32. The monoisotopic (exact) mass is 466 g/mol. The summed E-state index contributed by atoms with van der Waals surface area (Å²) in [4.78, 5) is 24.3. The zero-order valence-electron chi connectivity index (χ0n) is 20.6. The van der Waals surface area contributed by atoms with E-state index in [-0.39, 0.29) is 5.97 Å². The minimum absolute atomic E-state index is 0.318. The van der Waals surface area contributed by atoms with Gasteiger partial charge >= 0.3 is 11.9 Å². The van der Waals surface area contributed by atoms with Crippen molar-refractivity contribution in [1.82, 2.24) is 0 Å². The second-order valence-electron chi connectivity index (χ2n) is 8.31. The number of hydrogen-bond acceptors (Lipinski definition) is 5. The van der Waals surface area contributed by atoms with Gasteiger partial charge in [0.2, 0.25) is 0 Å². The van der Waals surface area contributed by atoms with Crippen LogP contribution in [0.3, 0.4) is 0 Å². The zero-order valence-corrected chi connectivity index (χ0v) is 20.6. The van der Waals surface area contributed by atoms with E-state index in [0.29, 0.717) is 24.5 Å². The lowest BCUT2D eigenvalue weighted by Crippen LogP contribution is -2.06. The van der Waals surface area contributed by atoms with Crippen molar-refractivity contribution in [3.8, 4) is 11.5 Å². The lowest BCUT2D eigenvalue weighted by atomic mass is 10.1. The van der Waals surface area contributed by atoms with Gasteiger partial charge in [-0.15, -0.1) is 0 Å². The molecule has 0 heterocycles. The van der Waals surface area contributed by atoms with Gasteiger partial charge in [0.05, 0.1) is 18.8 Å². The summed E-state index contributed by atoms with van der Waals surface area (Å²) in [5.74, 6) is 0.427. The van der Waals surface area contributed by atoms with Crippen LogP contribution in [-0.4, -0.2) is 25.2 Å². The highest BCUT2D eigenvalue weighted by Gasteiger charge is 2.07. The predicted molar refractivity (Wildman–Crippen MR) is 136 cm³/mol. The Morgan fingerprint density at radius 1 is 0.706 bits per heavy atom. The average molecular weight is 467 g/mol. The van der Waals surface area contributed by atoms with Gasteiger partial charge in [0.25, 0.3) is 0 Å². The SMILES string of the molecule is CCCCCCCCOC(=O)c1ccc(/C=C/C(=O)Oc2ccc(OCCCCC)cc2)cc1. The molecule has 2 aromatic carbocycles. The molecule has 184 valence electrons. The van der Waals surface area contributed by atoms with Crippen LogP contribution in [0.4, 0.5) is 0 Å². The standard InChI is InChI=1S/C29H38O5/c1-3-5-7-8-9-11-23-33-29(31)25-15-12-24(13-16-25)14-21-28(30)34-27-19-17-26(18-20-27)32-22-10-6-4-2/h12-21H,3-11,22-23H2,1-2H3/b21-14+. The van der Waals surface area contributed by atoms with E-state index in [1.54, 1.807) is 54.6 Å². The molecule has 0 N–H and O–H groups in total. The molecule has 0 amide bonds. The van der Waals surface area contributed by atoms with Crippen molar-refractivity contribution in [2.75, 3.05) is 13.2 Å². The first-order valence-electron chi connectivity index (χ1n) is 12.5. The number of esters is 2. The normalized spacial score (nSPS) is 10.9. The number of carbonyl (C=O) groups excluding carboxylic acids is 2. The molecule has 0 radical (unpaired) electrons. The maximum Gasteiger partial charge on any atom is 0.338 e. The second-order valence-corrected chi connectivity index (χ2v) is 8.31. The molecule has 0 fully saturated rings. The fourth-order valence-electron chi connectivity index (χ4n) is 3.32. The topological polar surface area (TPSA) is 61.8 Å². The van der Waals surface area contributed by atoms with Crippen LogP contribution in [0, 0.1) is 0 Å². The lowest BCUT2D eigenvalue weighted by molar-refractivity contribution is -0.128. The summed E-state index contributed by atoms with van der Waals surface area (Å²) >= 11 is 0. The van der Waals surface area contributed by atoms with Crippen LogP contribution in [0.15, 0.2) is 54.6 Å². The number of carbonyl (C=O) groups is 2. The van der Waals surface area contributed by atoms with Crippen LogP contribution >= 0.6 is 0 Å². The average Bonchev–Trinajstić information content (AvgIpc) is 2.86. The van der Waals surface area contributed by atoms with Gasteiger partial charge in [-0.2, -0.15) is 0 Å². The molecule has 0 saturated carbocycles. The molecule has 0 unspecified atom stereocenters. The fraction of sp³-hybridized carbons (Fsp3) is 0.448. The first-order chi connectivity index (χ1) is 16.6. The van der Waals surface area contributed by atoms with Crippen molar-refractivity contribution < 1.29 is 23.8 Å². The van der Waals surface area contributed by atoms with E-state index >= 15 is 0 Å². The summed E-state index contributed by atoms with van der Waals surface area (Å²) in [6, 6.07) is 14.0. The van der Waals surface area contributed by atoms with Gasteiger partial charge in [-0.3, -0.25) is 0 Å². The minimum atomic E-state index is -0.473. The van der Waals surface area contributed by atoms with Crippen LogP contribution in [0.2, 0.25) is 0 Å². The third-order valence-electron chi connectivity index (χ3n) is 5.35. The summed E-state index contributed by atoms with van der Waals surface area (Å²) in [7, 11) is 0. The molecule has 5 nitrogen and oxygen atoms in total. The first kappa shape index (κ1) is 27.2. The molecule has 34 heavy (non-hydrogen) atoms. The van der Waals surface area contributed by atoms with E-state index in [1.807, 2.05) is 0 Å². The van der Waals surface area contributed by atoms with Crippen molar-refractivity contribution in [3.05, 3.63) is 65.7 Å². The van der Waals surface area contributed by atoms with E-state index in [4.69, 9.17) is 14.2 Å². The summed E-state index contributed by atoms with van der Waals surface area (Å²) in [6.45, 7) is 5.48. The third kappa shape index (κ3) is 11.2. The summed E-state index contributed by atoms with van der Waals surface area (Å²) in [6.07, 6.45) is 13.2. The van der Waals surface area contributed by atoms with Gasteiger partial charge in [0.15, 0.2) is 0 Å². The van der Waals surface area contributed by atoms with E-state index < -0.39 is 5.97 Å². The Morgan fingerprint density at radius 3 is 2.00 bits per heavy atom. The van der Waals surface area contributed by atoms with Gasteiger partial charge < -0.3 is 14.2 Å². The second kappa shape index (κ2) is 16.5. The molecule has 0 atom stereocenters. The maximum absolute atomic E-state index is 12.1. The van der Waals surface area contributed by atoms with Crippen molar-refractivity contribution in [1.29, 1.82) is 0 Å². The molecule has 0 aliphatic carbocycles. The smallest absolute Gasteiger partial charge is 0.338 e. The molecular weight excluding hydrogens is 428 g/mol. The third-order valence-corrected chi connectivity index (χ3v) is 5.35. The van der Waals surface area contributed by atoms with E-state index in [1.165, 1.54) is 31.8 Å². The van der Waals surface area contributed by atoms with Crippen LogP contribution in [0.25, 0.3) is 6.08 Å². The molecule has 5 heteroatoms. The maximum atomic E-state index is 12.1. The van der Waals surface area contributed by atoms with E-state index in [2.05, 4.69) is 13.8 Å². The molecule has 0 saturated heterocycles. The molecule has 0 spiro atoms. The minimum Gasteiger partial charge on any atom is -0.494 e. The number of hydrogen-bond donors (Lipinski definition) is 0. The number of ether oxygens (including phenoxy) is 3. The zero-order chi connectivity index (χ0) is 24.4. The van der Waals surface area contributed by atoms with Crippen molar-refractivity contribution in [2.45, 2.75) is 71.6 Å². The van der Waals surface area contributed by atoms with Gasteiger partial charge in [-0.05, 0) is 60.9 Å². The van der Waals surface area contributed by atoms with Gasteiger partial charge in [-0.1, -0.05) is 70.9 Å². The Morgan fingerprint density at radius 2 is 1.29 bits per heavy atom. The predicted octanol–water partition coefficient (Wildman–Crippen LogP) is 7.39.